The zero-order chi connectivity index (χ0) is 15.4. The van der Waals surface area contributed by atoms with E-state index in [9.17, 15) is 20.1 Å². The molecule has 2 rings (SSSR count). The van der Waals surface area contributed by atoms with Crippen LogP contribution in [-0.4, -0.2) is 63.8 Å². The maximum absolute atomic E-state index is 10.3. The van der Waals surface area contributed by atoms with Crippen molar-refractivity contribution in [1.29, 1.82) is 0 Å². The molecule has 0 radical (unpaired) electrons. The van der Waals surface area contributed by atoms with Gasteiger partial charge >= 0.3 is 0 Å². The maximum Gasteiger partial charge on any atom is 0.240 e. The summed E-state index contributed by atoms with van der Waals surface area (Å²) in [6, 6.07) is 6.21. The van der Waals surface area contributed by atoms with Crippen molar-refractivity contribution in [2.45, 2.75) is 30.7 Å². The number of nitrogens with zero attached hydrogens (tertiary/aromatic N) is 1. The summed E-state index contributed by atoms with van der Waals surface area (Å²) >= 11 is 0. The average Bonchev–Trinajstić information content (AvgIpc) is 2.50. The maximum atomic E-state index is 10.3. The summed E-state index contributed by atoms with van der Waals surface area (Å²) in [5.74, 6) is 0.130. The molecule has 0 amide bonds. The van der Waals surface area contributed by atoms with Crippen molar-refractivity contribution in [3.63, 3.8) is 0 Å². The molecule has 0 aromatic heterocycles. The first-order valence-electron chi connectivity index (χ1n) is 6.22. The number of hydrogen-bond acceptors (Lipinski definition) is 8. The molecule has 1 heterocycles. The number of benzene rings is 1. The number of aliphatic imine (C=N–C) groups is 1. The molecule has 0 spiro atoms. The third-order valence-electron chi connectivity index (χ3n) is 3.12. The Morgan fingerprint density at radius 1 is 1.19 bits per heavy atom. The van der Waals surface area contributed by atoms with Crippen LogP contribution in [0.15, 0.2) is 29.3 Å². The molecule has 0 saturated carbocycles. The van der Waals surface area contributed by atoms with Crippen LogP contribution in [0.25, 0.3) is 0 Å². The Morgan fingerprint density at radius 2 is 1.90 bits per heavy atom. The van der Waals surface area contributed by atoms with Crippen LogP contribution in [0, 0.1) is 0 Å². The highest BCUT2D eigenvalue weighted by Crippen LogP contribution is 2.30. The van der Waals surface area contributed by atoms with Gasteiger partial charge in [-0.1, -0.05) is 12.1 Å². The topological polar surface area (TPSA) is 129 Å². The molecular formula is C13H15NO7. The molecular weight excluding hydrogens is 282 g/mol. The van der Waals surface area contributed by atoms with Gasteiger partial charge in [0.1, 0.15) is 35.9 Å². The Bertz CT molecular complexity index is 529. The van der Waals surface area contributed by atoms with Gasteiger partial charge in [-0.05, 0) is 12.1 Å². The van der Waals surface area contributed by atoms with Gasteiger partial charge in [-0.3, -0.25) is 0 Å². The predicted molar refractivity (Wildman–Crippen MR) is 68.6 cm³/mol. The van der Waals surface area contributed by atoms with Crippen LogP contribution in [0.5, 0.6) is 5.75 Å². The molecule has 1 aliphatic heterocycles. The van der Waals surface area contributed by atoms with Crippen molar-refractivity contribution in [2.75, 3.05) is 6.61 Å². The zero-order valence-electron chi connectivity index (χ0n) is 10.9. The quantitative estimate of drug-likeness (QED) is 0.407. The van der Waals surface area contributed by atoms with E-state index in [4.69, 9.17) is 14.6 Å². The summed E-state index contributed by atoms with van der Waals surface area (Å²) in [6.07, 6.45) is -5.57. The number of rotatable bonds is 4. The summed E-state index contributed by atoms with van der Waals surface area (Å²) < 4.78 is 10.6. The monoisotopic (exact) mass is 297 g/mol. The first-order chi connectivity index (χ1) is 10.1. The van der Waals surface area contributed by atoms with E-state index in [-0.39, 0.29) is 11.4 Å². The highest BCUT2D eigenvalue weighted by molar-refractivity contribution is 5.57. The summed E-state index contributed by atoms with van der Waals surface area (Å²) in [4.78, 5) is 13.8. The Labute approximate surface area is 119 Å². The fourth-order valence-corrected chi connectivity index (χ4v) is 1.99. The molecule has 0 aliphatic carbocycles. The van der Waals surface area contributed by atoms with E-state index >= 15 is 0 Å². The lowest BCUT2D eigenvalue weighted by atomic mass is 9.99. The highest BCUT2D eigenvalue weighted by Gasteiger charge is 2.44. The number of hydrogen-bond donors (Lipinski definition) is 4. The molecule has 1 saturated heterocycles. The number of ether oxygens (including phenoxy) is 2. The Morgan fingerprint density at radius 3 is 2.57 bits per heavy atom. The van der Waals surface area contributed by atoms with Crippen LogP contribution in [0.2, 0.25) is 0 Å². The molecule has 1 aliphatic rings. The van der Waals surface area contributed by atoms with Crippen LogP contribution in [0.4, 0.5) is 5.69 Å². The molecule has 0 unspecified atom stereocenters. The standard InChI is InChI=1S/C13H15NO7/c15-5-9-10(17)11(18)12(19)13(21-9)20-8-4-2-1-3-7(8)14-6-16/h1-4,9-13,15,17-19H,5H2/t9-,10+,11+,12-,13-/m1/s1. The molecule has 8 nitrogen and oxygen atoms in total. The third kappa shape index (κ3) is 3.27. The number of aliphatic hydroxyl groups is 4. The van der Waals surface area contributed by atoms with E-state index in [0.29, 0.717) is 0 Å². The minimum Gasteiger partial charge on any atom is -0.460 e. The molecule has 114 valence electrons. The Kier molecular flexibility index (Phi) is 5.03. The summed E-state index contributed by atoms with van der Waals surface area (Å²) in [5, 5.41) is 38.3. The van der Waals surface area contributed by atoms with Crippen molar-refractivity contribution in [1.82, 2.24) is 0 Å². The van der Waals surface area contributed by atoms with E-state index in [0.717, 1.165) is 0 Å². The normalized spacial score (nSPS) is 32.3. The lowest BCUT2D eigenvalue weighted by Gasteiger charge is -2.39. The fourth-order valence-electron chi connectivity index (χ4n) is 1.99. The highest BCUT2D eigenvalue weighted by atomic mass is 16.7. The van der Waals surface area contributed by atoms with Gasteiger partial charge in [0.25, 0.3) is 0 Å². The zero-order valence-corrected chi connectivity index (χ0v) is 10.9. The Balaban J connectivity index is 2.20. The summed E-state index contributed by atoms with van der Waals surface area (Å²) in [5.41, 5.74) is 0.171. The summed E-state index contributed by atoms with van der Waals surface area (Å²) in [7, 11) is 0. The van der Waals surface area contributed by atoms with Crippen LogP contribution >= 0.6 is 0 Å². The number of isocyanates is 1. The van der Waals surface area contributed by atoms with E-state index in [1.54, 1.807) is 12.1 Å². The van der Waals surface area contributed by atoms with Crippen molar-refractivity contribution in [3.8, 4) is 5.75 Å². The lowest BCUT2D eigenvalue weighted by molar-refractivity contribution is -0.277. The summed E-state index contributed by atoms with van der Waals surface area (Å²) in [6.45, 7) is -0.557. The van der Waals surface area contributed by atoms with Crippen molar-refractivity contribution < 1.29 is 34.7 Å². The lowest BCUT2D eigenvalue weighted by Crippen LogP contribution is -2.60. The smallest absolute Gasteiger partial charge is 0.240 e. The Hall–Kier alpha value is -1.80. The minimum absolute atomic E-state index is 0.130. The molecule has 1 aromatic carbocycles. The minimum atomic E-state index is -1.54. The molecule has 1 fully saturated rings. The van der Waals surface area contributed by atoms with Gasteiger partial charge in [-0.2, -0.15) is 4.99 Å². The first kappa shape index (κ1) is 15.6. The van der Waals surface area contributed by atoms with Crippen molar-refractivity contribution in [2.24, 2.45) is 4.99 Å². The van der Waals surface area contributed by atoms with Crippen LogP contribution in [-0.2, 0) is 9.53 Å². The fraction of sp³-hybridized carbons (Fsp3) is 0.462. The number of carbonyl (C=O) groups excluding carboxylic acids is 1. The van der Waals surface area contributed by atoms with Gasteiger partial charge in [0, 0.05) is 0 Å². The molecule has 0 bridgehead atoms. The SMILES string of the molecule is O=C=Nc1ccccc1O[C@@H]1O[C@H](CO)[C@H](O)[C@H](O)[C@H]1O. The average molecular weight is 297 g/mol. The largest absolute Gasteiger partial charge is 0.460 e. The molecule has 21 heavy (non-hydrogen) atoms. The third-order valence-corrected chi connectivity index (χ3v) is 3.12. The van der Waals surface area contributed by atoms with Crippen LogP contribution in [0.3, 0.4) is 0 Å². The second-order valence-electron chi connectivity index (χ2n) is 4.49. The van der Waals surface area contributed by atoms with Gasteiger partial charge in [0.15, 0.2) is 0 Å². The number of para-hydroxylation sites is 2. The van der Waals surface area contributed by atoms with Crippen LogP contribution in [0.1, 0.15) is 0 Å². The molecule has 5 atom stereocenters. The second kappa shape index (κ2) is 6.77. The predicted octanol–water partition coefficient (Wildman–Crippen LogP) is -1.17. The van der Waals surface area contributed by atoms with E-state index < -0.39 is 37.3 Å². The van der Waals surface area contributed by atoms with Gasteiger partial charge < -0.3 is 29.9 Å². The van der Waals surface area contributed by atoms with Crippen molar-refractivity contribution >= 4 is 11.8 Å². The molecule has 1 aromatic rings. The first-order valence-corrected chi connectivity index (χ1v) is 6.22. The number of aliphatic hydroxyl groups excluding tert-OH is 4. The van der Waals surface area contributed by atoms with Crippen molar-refractivity contribution in [3.05, 3.63) is 24.3 Å². The van der Waals surface area contributed by atoms with E-state index in [1.165, 1.54) is 18.2 Å². The van der Waals surface area contributed by atoms with E-state index in [1.807, 2.05) is 0 Å². The molecule has 8 heteroatoms. The van der Waals surface area contributed by atoms with Gasteiger partial charge in [0.2, 0.25) is 12.4 Å². The van der Waals surface area contributed by atoms with E-state index in [2.05, 4.69) is 4.99 Å². The van der Waals surface area contributed by atoms with Crippen LogP contribution < -0.4 is 4.74 Å². The molecule has 4 N–H and O–H groups in total. The van der Waals surface area contributed by atoms with Gasteiger partial charge in [-0.15, -0.1) is 0 Å². The second-order valence-corrected chi connectivity index (χ2v) is 4.49. The van der Waals surface area contributed by atoms with Gasteiger partial charge in [-0.25, -0.2) is 4.79 Å². The van der Waals surface area contributed by atoms with Gasteiger partial charge in [0.05, 0.1) is 6.61 Å².